The topological polar surface area (TPSA) is 48.5 Å². The van der Waals surface area contributed by atoms with Crippen molar-refractivity contribution in [3.8, 4) is 0 Å². The van der Waals surface area contributed by atoms with Crippen LogP contribution in [0.25, 0.3) is 0 Å². The number of fused-ring (bicyclic) bond motifs is 3. The number of rotatable bonds is 4. The molecule has 0 spiro atoms. The van der Waals surface area contributed by atoms with Gasteiger partial charge in [0.25, 0.3) is 0 Å². The first kappa shape index (κ1) is 18.7. The van der Waals surface area contributed by atoms with Gasteiger partial charge in [-0.2, -0.15) is 0 Å². The maximum absolute atomic E-state index is 13.3. The van der Waals surface area contributed by atoms with Gasteiger partial charge in [-0.15, -0.1) is 0 Å². The zero-order valence-corrected chi connectivity index (χ0v) is 16.9. The molecule has 0 bridgehead atoms. The molecule has 1 N–H and O–H groups in total. The first-order chi connectivity index (χ1) is 14.8. The molecule has 1 saturated heterocycles. The lowest BCUT2D eigenvalue weighted by molar-refractivity contribution is -0.126. The fourth-order valence-electron chi connectivity index (χ4n) is 4.75. The second-order valence-corrected chi connectivity index (χ2v) is 8.05. The molecule has 3 heterocycles. The quantitative estimate of drug-likeness (QED) is 0.733. The highest BCUT2D eigenvalue weighted by molar-refractivity contribution is 5.82. The van der Waals surface area contributed by atoms with Crippen LogP contribution in [0.4, 0.5) is 11.4 Å². The molecule has 2 unspecified atom stereocenters. The molecule has 2 aliphatic rings. The summed E-state index contributed by atoms with van der Waals surface area (Å²) in [5, 5.41) is 3.18. The summed E-state index contributed by atoms with van der Waals surface area (Å²) in [6.07, 6.45) is 4.31. The zero-order chi connectivity index (χ0) is 20.3. The number of para-hydroxylation sites is 2. The molecular formula is C25H26N4O. The molecule has 0 aliphatic carbocycles. The molecule has 1 amide bonds. The third-order valence-electron chi connectivity index (χ3n) is 6.30. The second-order valence-electron chi connectivity index (χ2n) is 8.05. The number of hydrogen-bond donors (Lipinski definition) is 1. The van der Waals surface area contributed by atoms with Gasteiger partial charge in [-0.3, -0.25) is 9.78 Å². The van der Waals surface area contributed by atoms with Crippen molar-refractivity contribution in [2.75, 3.05) is 29.4 Å². The minimum Gasteiger partial charge on any atom is -0.368 e. The van der Waals surface area contributed by atoms with Gasteiger partial charge in [-0.05, 0) is 47.9 Å². The van der Waals surface area contributed by atoms with Crippen molar-refractivity contribution >= 4 is 17.3 Å². The average molecular weight is 399 g/mol. The Labute approximate surface area is 177 Å². The van der Waals surface area contributed by atoms with Gasteiger partial charge >= 0.3 is 0 Å². The van der Waals surface area contributed by atoms with Crippen LogP contribution < -0.4 is 15.1 Å². The van der Waals surface area contributed by atoms with Crippen molar-refractivity contribution in [2.24, 2.45) is 5.92 Å². The van der Waals surface area contributed by atoms with E-state index in [0.29, 0.717) is 6.54 Å². The number of aromatic nitrogens is 1. The summed E-state index contributed by atoms with van der Waals surface area (Å²) in [4.78, 5) is 22.2. The van der Waals surface area contributed by atoms with E-state index in [0.717, 1.165) is 31.6 Å². The molecule has 3 aromatic rings. The van der Waals surface area contributed by atoms with Gasteiger partial charge in [-0.1, -0.05) is 36.4 Å². The fourth-order valence-corrected chi connectivity index (χ4v) is 4.75. The van der Waals surface area contributed by atoms with Crippen LogP contribution >= 0.6 is 0 Å². The Morgan fingerprint density at radius 1 is 0.967 bits per heavy atom. The number of piperazine rings is 1. The SMILES string of the molecule is O=C(NCc1ccncc1)C1Cc2ccccc2N2CCN(c3ccccc3)CC12. The summed E-state index contributed by atoms with van der Waals surface area (Å²) in [5.74, 6) is 0.0551. The summed E-state index contributed by atoms with van der Waals surface area (Å²) in [6, 6.07) is 23.1. The number of nitrogens with zero attached hydrogens (tertiary/aromatic N) is 3. The summed E-state index contributed by atoms with van der Waals surface area (Å²) in [7, 11) is 0. The molecule has 0 radical (unpaired) electrons. The van der Waals surface area contributed by atoms with E-state index in [1.165, 1.54) is 16.9 Å². The van der Waals surface area contributed by atoms with Crippen LogP contribution in [0.2, 0.25) is 0 Å². The minimum absolute atomic E-state index is 0.0757. The fraction of sp³-hybridized carbons (Fsp3) is 0.280. The lowest BCUT2D eigenvalue weighted by atomic mass is 9.83. The predicted molar refractivity (Wildman–Crippen MR) is 120 cm³/mol. The first-order valence-electron chi connectivity index (χ1n) is 10.6. The number of benzene rings is 2. The molecule has 5 heteroatoms. The molecule has 1 fully saturated rings. The number of carbonyl (C=O) groups excluding carboxylic acids is 1. The van der Waals surface area contributed by atoms with E-state index in [2.05, 4.69) is 68.6 Å². The predicted octanol–water partition coefficient (Wildman–Crippen LogP) is 3.27. The van der Waals surface area contributed by atoms with Crippen LogP contribution in [0, 0.1) is 5.92 Å². The Morgan fingerprint density at radius 3 is 2.57 bits per heavy atom. The molecule has 2 aromatic carbocycles. The van der Waals surface area contributed by atoms with Crippen LogP contribution in [0.5, 0.6) is 0 Å². The normalized spacial score (nSPS) is 20.3. The standard InChI is InChI=1S/C25H26N4O/c30-25(27-17-19-10-12-26-13-11-19)22-16-20-6-4-5-9-23(20)29-15-14-28(18-24(22)29)21-7-2-1-3-8-21/h1-13,22,24H,14-18H2,(H,27,30). The minimum atomic E-state index is -0.0757. The number of hydrogen-bond acceptors (Lipinski definition) is 4. The molecule has 5 rings (SSSR count). The summed E-state index contributed by atoms with van der Waals surface area (Å²) in [5.41, 5.74) is 4.85. The van der Waals surface area contributed by atoms with E-state index < -0.39 is 0 Å². The number of anilines is 2. The third kappa shape index (κ3) is 3.63. The Hall–Kier alpha value is -3.34. The van der Waals surface area contributed by atoms with Gasteiger partial charge < -0.3 is 15.1 Å². The Kier molecular flexibility index (Phi) is 5.10. The van der Waals surface area contributed by atoms with Gasteiger partial charge in [0, 0.05) is 49.9 Å². The average Bonchev–Trinajstić information content (AvgIpc) is 2.83. The first-order valence-corrected chi connectivity index (χ1v) is 10.6. The highest BCUT2D eigenvalue weighted by atomic mass is 16.1. The third-order valence-corrected chi connectivity index (χ3v) is 6.30. The van der Waals surface area contributed by atoms with Gasteiger partial charge in [0.05, 0.1) is 12.0 Å². The number of nitrogens with one attached hydrogen (secondary N) is 1. The smallest absolute Gasteiger partial charge is 0.225 e. The molecule has 2 atom stereocenters. The highest BCUT2D eigenvalue weighted by Crippen LogP contribution is 2.36. The monoisotopic (exact) mass is 398 g/mol. The van der Waals surface area contributed by atoms with Crippen LogP contribution in [0.3, 0.4) is 0 Å². The molecule has 30 heavy (non-hydrogen) atoms. The maximum atomic E-state index is 13.3. The second kappa shape index (κ2) is 8.19. The Morgan fingerprint density at radius 2 is 1.73 bits per heavy atom. The molecule has 152 valence electrons. The van der Waals surface area contributed by atoms with Crippen molar-refractivity contribution in [1.29, 1.82) is 0 Å². The van der Waals surface area contributed by atoms with E-state index in [1.807, 2.05) is 18.2 Å². The van der Waals surface area contributed by atoms with Gasteiger partial charge in [0.1, 0.15) is 0 Å². The van der Waals surface area contributed by atoms with Crippen molar-refractivity contribution in [3.63, 3.8) is 0 Å². The lowest BCUT2D eigenvalue weighted by Crippen LogP contribution is -2.61. The van der Waals surface area contributed by atoms with E-state index in [4.69, 9.17) is 0 Å². The van der Waals surface area contributed by atoms with E-state index >= 15 is 0 Å². The highest BCUT2D eigenvalue weighted by Gasteiger charge is 2.41. The van der Waals surface area contributed by atoms with Crippen molar-refractivity contribution in [2.45, 2.75) is 19.0 Å². The van der Waals surface area contributed by atoms with Gasteiger partial charge in [-0.25, -0.2) is 0 Å². The molecule has 2 aliphatic heterocycles. The van der Waals surface area contributed by atoms with E-state index in [9.17, 15) is 4.79 Å². The van der Waals surface area contributed by atoms with Crippen molar-refractivity contribution < 1.29 is 4.79 Å². The molecular weight excluding hydrogens is 372 g/mol. The van der Waals surface area contributed by atoms with Crippen molar-refractivity contribution in [3.05, 3.63) is 90.3 Å². The van der Waals surface area contributed by atoms with Crippen LogP contribution in [-0.4, -0.2) is 36.6 Å². The summed E-state index contributed by atoms with van der Waals surface area (Å²) < 4.78 is 0. The van der Waals surface area contributed by atoms with E-state index in [1.54, 1.807) is 12.4 Å². The van der Waals surface area contributed by atoms with Gasteiger partial charge in [0.2, 0.25) is 5.91 Å². The van der Waals surface area contributed by atoms with Crippen LogP contribution in [0.1, 0.15) is 11.1 Å². The summed E-state index contributed by atoms with van der Waals surface area (Å²) in [6.45, 7) is 3.27. The van der Waals surface area contributed by atoms with Crippen LogP contribution in [0.15, 0.2) is 79.1 Å². The lowest BCUT2D eigenvalue weighted by Gasteiger charge is -2.49. The Balaban J connectivity index is 1.39. The molecule has 5 nitrogen and oxygen atoms in total. The molecule has 0 saturated carbocycles. The molecule has 1 aromatic heterocycles. The largest absolute Gasteiger partial charge is 0.368 e. The summed E-state index contributed by atoms with van der Waals surface area (Å²) >= 11 is 0. The maximum Gasteiger partial charge on any atom is 0.225 e. The Bertz CT molecular complexity index is 1010. The zero-order valence-electron chi connectivity index (χ0n) is 16.9. The van der Waals surface area contributed by atoms with Gasteiger partial charge in [0.15, 0.2) is 0 Å². The van der Waals surface area contributed by atoms with E-state index in [-0.39, 0.29) is 17.9 Å². The number of pyridine rings is 1. The number of amides is 1. The van der Waals surface area contributed by atoms with Crippen molar-refractivity contribution in [1.82, 2.24) is 10.3 Å². The van der Waals surface area contributed by atoms with Crippen LogP contribution in [-0.2, 0) is 17.8 Å². The number of carbonyl (C=O) groups is 1.